The highest BCUT2D eigenvalue weighted by Gasteiger charge is 2.17. The Morgan fingerprint density at radius 3 is 2.95 bits per heavy atom. The third-order valence-electron chi connectivity index (χ3n) is 3.64. The maximum absolute atomic E-state index is 5.51. The van der Waals surface area contributed by atoms with Crippen molar-refractivity contribution in [3.05, 3.63) is 27.0 Å². The van der Waals surface area contributed by atoms with E-state index in [1.807, 2.05) is 23.3 Å². The molecule has 1 unspecified atom stereocenters. The second-order valence-electron chi connectivity index (χ2n) is 5.33. The van der Waals surface area contributed by atoms with Gasteiger partial charge < -0.3 is 9.55 Å². The molecule has 3 aromatic heterocycles. The minimum Gasteiger partial charge on any atom is -0.328 e. The molecule has 0 aliphatic carbocycles. The monoisotopic (exact) mass is 321 g/mol. The molecular weight excluding hydrogens is 302 g/mol. The minimum atomic E-state index is 0.334. The first-order valence-corrected chi connectivity index (χ1v) is 8.44. The molecule has 0 aromatic carbocycles. The van der Waals surface area contributed by atoms with Gasteiger partial charge >= 0.3 is 0 Å². The molecule has 112 valence electrons. The smallest absolute Gasteiger partial charge is 0.179 e. The van der Waals surface area contributed by atoms with Gasteiger partial charge in [-0.2, -0.15) is 5.10 Å². The number of fused-ring (bicyclic) bond motifs is 1. The highest BCUT2D eigenvalue weighted by molar-refractivity contribution is 7.71. The molecule has 1 atom stereocenters. The fourth-order valence-electron chi connectivity index (χ4n) is 2.69. The first kappa shape index (κ1) is 14.5. The Hall–Kier alpha value is -1.47. The van der Waals surface area contributed by atoms with Gasteiger partial charge in [-0.25, -0.2) is 4.98 Å². The predicted molar refractivity (Wildman–Crippen MR) is 88.4 cm³/mol. The number of aromatic amines is 1. The summed E-state index contributed by atoms with van der Waals surface area (Å²) in [7, 11) is 1.98. The number of thiazole rings is 1. The van der Waals surface area contributed by atoms with Crippen molar-refractivity contribution < 1.29 is 0 Å². The van der Waals surface area contributed by atoms with Gasteiger partial charge in [0.1, 0.15) is 5.52 Å². The van der Waals surface area contributed by atoms with Crippen LogP contribution in [-0.2, 0) is 20.0 Å². The number of nitrogens with one attached hydrogen (secondary N) is 1. The maximum atomic E-state index is 5.51. The third kappa shape index (κ3) is 2.55. The van der Waals surface area contributed by atoms with Crippen LogP contribution < -0.4 is 0 Å². The molecule has 0 bridgehead atoms. The molecule has 0 saturated carbocycles. The molecule has 7 heteroatoms. The first-order valence-electron chi connectivity index (χ1n) is 7.15. The molecule has 3 aromatic rings. The summed E-state index contributed by atoms with van der Waals surface area (Å²) in [6.45, 7) is 5.16. The van der Waals surface area contributed by atoms with E-state index >= 15 is 0 Å². The Bertz CT molecular complexity index is 793. The second kappa shape index (κ2) is 5.73. The van der Waals surface area contributed by atoms with Crippen LogP contribution in [0.15, 0.2) is 11.6 Å². The summed E-state index contributed by atoms with van der Waals surface area (Å²) >= 11 is 7.20. The zero-order valence-corrected chi connectivity index (χ0v) is 14.1. The zero-order chi connectivity index (χ0) is 15.0. The number of H-pyrrole nitrogens is 1. The van der Waals surface area contributed by atoms with Crippen molar-refractivity contribution in [2.24, 2.45) is 7.05 Å². The molecule has 3 heterocycles. The number of aromatic nitrogens is 5. The molecule has 0 fully saturated rings. The normalized spacial score (nSPS) is 13.1. The standard InChI is InChI=1S/C14H19N5S2/c1-4-5-10-11-13(18(3)17-10)19(14(20)16-11)8-9(2)12-15-6-7-21-12/h6-7,9H,4-5,8H2,1-3H3,(H,16,20). The van der Waals surface area contributed by atoms with Gasteiger partial charge in [-0.3, -0.25) is 4.68 Å². The quantitative estimate of drug-likeness (QED) is 0.730. The topological polar surface area (TPSA) is 51.4 Å². The van der Waals surface area contributed by atoms with E-state index < -0.39 is 0 Å². The second-order valence-corrected chi connectivity index (χ2v) is 6.64. The van der Waals surface area contributed by atoms with Crippen LogP contribution in [0, 0.1) is 4.77 Å². The van der Waals surface area contributed by atoms with E-state index in [1.54, 1.807) is 11.3 Å². The van der Waals surface area contributed by atoms with Crippen molar-refractivity contribution in [2.75, 3.05) is 0 Å². The Labute approximate surface area is 132 Å². The molecular formula is C14H19N5S2. The summed E-state index contributed by atoms with van der Waals surface area (Å²) in [5.41, 5.74) is 3.25. The van der Waals surface area contributed by atoms with E-state index in [-0.39, 0.29) is 0 Å². The molecule has 0 spiro atoms. The van der Waals surface area contributed by atoms with E-state index in [0.717, 1.165) is 46.0 Å². The van der Waals surface area contributed by atoms with Crippen molar-refractivity contribution in [1.29, 1.82) is 0 Å². The van der Waals surface area contributed by atoms with E-state index in [4.69, 9.17) is 12.2 Å². The molecule has 1 N–H and O–H groups in total. The highest BCUT2D eigenvalue weighted by Crippen LogP contribution is 2.24. The van der Waals surface area contributed by atoms with E-state index in [2.05, 4.69) is 33.5 Å². The SMILES string of the molecule is CCCc1nn(C)c2c1[nH]c(=S)n2CC(C)c1nccs1. The number of aryl methyl sites for hydroxylation is 2. The average molecular weight is 321 g/mol. The summed E-state index contributed by atoms with van der Waals surface area (Å²) < 4.78 is 4.84. The van der Waals surface area contributed by atoms with Gasteiger partial charge in [-0.15, -0.1) is 11.3 Å². The number of nitrogens with zero attached hydrogens (tertiary/aromatic N) is 4. The van der Waals surface area contributed by atoms with Gasteiger partial charge in [0.25, 0.3) is 0 Å². The number of hydrogen-bond donors (Lipinski definition) is 1. The lowest BCUT2D eigenvalue weighted by molar-refractivity contribution is 0.585. The van der Waals surface area contributed by atoms with Crippen molar-refractivity contribution in [1.82, 2.24) is 24.3 Å². The number of rotatable bonds is 5. The van der Waals surface area contributed by atoms with E-state index in [1.165, 1.54) is 0 Å². The molecule has 5 nitrogen and oxygen atoms in total. The Morgan fingerprint density at radius 1 is 1.48 bits per heavy atom. The number of hydrogen-bond acceptors (Lipinski definition) is 4. The summed E-state index contributed by atoms with van der Waals surface area (Å²) in [4.78, 5) is 7.73. The van der Waals surface area contributed by atoms with Crippen LogP contribution in [0.2, 0.25) is 0 Å². The highest BCUT2D eigenvalue weighted by atomic mass is 32.1. The van der Waals surface area contributed by atoms with Crippen LogP contribution in [0.5, 0.6) is 0 Å². The van der Waals surface area contributed by atoms with Crippen molar-refractivity contribution in [3.63, 3.8) is 0 Å². The molecule has 3 rings (SSSR count). The van der Waals surface area contributed by atoms with Gasteiger partial charge in [0.2, 0.25) is 0 Å². The van der Waals surface area contributed by atoms with Crippen LogP contribution in [-0.4, -0.2) is 24.3 Å². The third-order valence-corrected chi connectivity index (χ3v) is 4.97. The number of imidazole rings is 1. The lowest BCUT2D eigenvalue weighted by atomic mass is 10.2. The van der Waals surface area contributed by atoms with Crippen LogP contribution in [0.3, 0.4) is 0 Å². The molecule has 0 aliphatic heterocycles. The summed E-state index contributed by atoms with van der Waals surface area (Å²) in [5, 5.41) is 7.77. The Balaban J connectivity index is 2.02. The predicted octanol–water partition coefficient (Wildman–Crippen LogP) is 3.65. The summed E-state index contributed by atoms with van der Waals surface area (Å²) in [6.07, 6.45) is 3.90. The molecule has 21 heavy (non-hydrogen) atoms. The Morgan fingerprint density at radius 2 is 2.29 bits per heavy atom. The van der Waals surface area contributed by atoms with Crippen molar-refractivity contribution in [2.45, 2.75) is 39.2 Å². The largest absolute Gasteiger partial charge is 0.328 e. The molecule has 0 aliphatic rings. The zero-order valence-electron chi connectivity index (χ0n) is 12.5. The Kier molecular flexibility index (Phi) is 3.95. The minimum absolute atomic E-state index is 0.334. The van der Waals surface area contributed by atoms with Gasteiger partial charge in [0.05, 0.1) is 10.7 Å². The fraction of sp³-hybridized carbons (Fsp3) is 0.500. The van der Waals surface area contributed by atoms with E-state index in [0.29, 0.717) is 5.92 Å². The lowest BCUT2D eigenvalue weighted by Crippen LogP contribution is -2.08. The first-order chi connectivity index (χ1) is 10.1. The summed E-state index contributed by atoms with van der Waals surface area (Å²) in [6, 6.07) is 0. The fourth-order valence-corrected chi connectivity index (χ4v) is 3.64. The van der Waals surface area contributed by atoms with Crippen LogP contribution in [0.1, 0.15) is 36.9 Å². The van der Waals surface area contributed by atoms with Crippen molar-refractivity contribution in [3.8, 4) is 0 Å². The molecule has 0 radical (unpaired) electrons. The van der Waals surface area contributed by atoms with Crippen LogP contribution in [0.25, 0.3) is 11.2 Å². The maximum Gasteiger partial charge on any atom is 0.179 e. The lowest BCUT2D eigenvalue weighted by Gasteiger charge is -2.10. The van der Waals surface area contributed by atoms with Crippen molar-refractivity contribution >= 4 is 34.7 Å². The van der Waals surface area contributed by atoms with Gasteiger partial charge in [-0.05, 0) is 18.6 Å². The van der Waals surface area contributed by atoms with Gasteiger partial charge in [0, 0.05) is 31.1 Å². The average Bonchev–Trinajstić information content (AvgIpc) is 3.12. The summed E-state index contributed by atoms with van der Waals surface area (Å²) in [5.74, 6) is 0.334. The van der Waals surface area contributed by atoms with Crippen LogP contribution in [0.4, 0.5) is 0 Å². The van der Waals surface area contributed by atoms with E-state index in [9.17, 15) is 0 Å². The van der Waals surface area contributed by atoms with Gasteiger partial charge in [0.15, 0.2) is 10.4 Å². The molecule has 0 amide bonds. The van der Waals surface area contributed by atoms with Gasteiger partial charge in [-0.1, -0.05) is 20.3 Å². The van der Waals surface area contributed by atoms with Crippen LogP contribution >= 0.6 is 23.6 Å². The molecule has 0 saturated heterocycles.